The molecule has 0 radical (unpaired) electrons. The molecule has 1 aliphatic heterocycles. The summed E-state index contributed by atoms with van der Waals surface area (Å²) in [6.07, 6.45) is 8.04. The van der Waals surface area contributed by atoms with Crippen molar-refractivity contribution in [3.63, 3.8) is 0 Å². The van der Waals surface area contributed by atoms with E-state index in [4.69, 9.17) is 4.74 Å². The second-order valence-corrected chi connectivity index (χ2v) is 6.63. The van der Waals surface area contributed by atoms with Gasteiger partial charge >= 0.3 is 0 Å². The Bertz CT molecular complexity index is 420. The zero-order chi connectivity index (χ0) is 13.8. The van der Waals surface area contributed by atoms with Crippen LogP contribution in [-0.2, 0) is 11.2 Å². The molecule has 1 aromatic carbocycles. The van der Waals surface area contributed by atoms with Crippen molar-refractivity contribution in [2.24, 2.45) is 5.41 Å². The first-order valence-corrected chi connectivity index (χ1v) is 8.22. The van der Waals surface area contributed by atoms with E-state index in [1.807, 2.05) is 0 Å². The van der Waals surface area contributed by atoms with Gasteiger partial charge in [-0.05, 0) is 30.4 Å². The largest absolute Gasteiger partial charge is 0.372 e. The molecule has 1 atom stereocenters. The summed E-state index contributed by atoms with van der Waals surface area (Å²) in [5, 5.41) is 3.64. The molecule has 1 saturated carbocycles. The van der Waals surface area contributed by atoms with E-state index in [-0.39, 0.29) is 6.10 Å². The van der Waals surface area contributed by atoms with E-state index in [0.29, 0.717) is 5.41 Å². The highest BCUT2D eigenvalue weighted by Gasteiger charge is 2.36. The molecule has 3 rings (SSSR count). The summed E-state index contributed by atoms with van der Waals surface area (Å²) in [5.41, 5.74) is 3.19. The van der Waals surface area contributed by atoms with Crippen molar-refractivity contribution in [3.05, 3.63) is 35.4 Å². The molecule has 1 aromatic rings. The zero-order valence-corrected chi connectivity index (χ0v) is 12.7. The molecule has 1 saturated heterocycles. The molecule has 1 heterocycles. The summed E-state index contributed by atoms with van der Waals surface area (Å²) in [6, 6.07) is 9.03. The van der Waals surface area contributed by atoms with Crippen LogP contribution in [0.5, 0.6) is 0 Å². The minimum absolute atomic E-state index is 0.227. The molecular weight excluding hydrogens is 246 g/mol. The van der Waals surface area contributed by atoms with Gasteiger partial charge in [-0.2, -0.15) is 0 Å². The standard InChI is InChI=1S/C18H27NO/c1-2-5-15-6-8-16(9-7-15)17-12-19-13-18(14-20-17)10-3-4-11-18/h6-9,17,19H,2-5,10-14H2,1H3. The molecule has 2 fully saturated rings. The lowest BCUT2D eigenvalue weighted by Crippen LogP contribution is -2.32. The molecule has 0 amide bonds. The SMILES string of the molecule is CCCc1ccc(C2CNCC3(CCCC3)CO2)cc1. The minimum Gasteiger partial charge on any atom is -0.372 e. The van der Waals surface area contributed by atoms with Crippen molar-refractivity contribution < 1.29 is 4.74 Å². The first-order valence-electron chi connectivity index (χ1n) is 8.22. The van der Waals surface area contributed by atoms with Gasteiger partial charge in [-0.3, -0.25) is 0 Å². The Labute approximate surface area is 122 Å². The maximum Gasteiger partial charge on any atom is 0.0949 e. The van der Waals surface area contributed by atoms with E-state index < -0.39 is 0 Å². The summed E-state index contributed by atoms with van der Waals surface area (Å²) in [7, 11) is 0. The first kappa shape index (κ1) is 14.1. The minimum atomic E-state index is 0.227. The van der Waals surface area contributed by atoms with Crippen LogP contribution in [0.15, 0.2) is 24.3 Å². The van der Waals surface area contributed by atoms with Gasteiger partial charge in [0.25, 0.3) is 0 Å². The van der Waals surface area contributed by atoms with Gasteiger partial charge in [0.05, 0.1) is 12.7 Å². The maximum absolute atomic E-state index is 6.26. The highest BCUT2D eigenvalue weighted by molar-refractivity contribution is 5.25. The van der Waals surface area contributed by atoms with Crippen LogP contribution in [0, 0.1) is 5.41 Å². The van der Waals surface area contributed by atoms with Gasteiger partial charge in [0.2, 0.25) is 0 Å². The van der Waals surface area contributed by atoms with Crippen molar-refractivity contribution in [3.8, 4) is 0 Å². The molecule has 2 nitrogen and oxygen atoms in total. The van der Waals surface area contributed by atoms with Crippen LogP contribution in [0.4, 0.5) is 0 Å². The molecule has 1 spiro atoms. The van der Waals surface area contributed by atoms with Gasteiger partial charge in [0, 0.05) is 18.5 Å². The number of nitrogens with one attached hydrogen (secondary N) is 1. The van der Waals surface area contributed by atoms with E-state index >= 15 is 0 Å². The maximum atomic E-state index is 6.26. The predicted molar refractivity (Wildman–Crippen MR) is 82.9 cm³/mol. The van der Waals surface area contributed by atoms with Crippen LogP contribution in [0.1, 0.15) is 56.3 Å². The predicted octanol–water partition coefficient (Wildman–Crippen LogP) is 3.86. The lowest BCUT2D eigenvalue weighted by molar-refractivity contribution is 0.0158. The molecule has 2 heteroatoms. The third-order valence-corrected chi connectivity index (χ3v) is 4.97. The Kier molecular flexibility index (Phi) is 4.42. The number of aryl methyl sites for hydroxylation is 1. The van der Waals surface area contributed by atoms with E-state index in [1.165, 1.54) is 49.7 Å². The molecular formula is C18H27NO. The molecule has 1 N–H and O–H groups in total. The fourth-order valence-electron chi connectivity index (χ4n) is 3.70. The lowest BCUT2D eigenvalue weighted by atomic mass is 9.87. The number of rotatable bonds is 3. The van der Waals surface area contributed by atoms with Gasteiger partial charge in [0.15, 0.2) is 0 Å². The van der Waals surface area contributed by atoms with Crippen molar-refractivity contribution in [2.75, 3.05) is 19.7 Å². The molecule has 0 bridgehead atoms. The third-order valence-electron chi connectivity index (χ3n) is 4.97. The quantitative estimate of drug-likeness (QED) is 0.903. The van der Waals surface area contributed by atoms with Gasteiger partial charge in [-0.1, -0.05) is 50.5 Å². The Morgan fingerprint density at radius 2 is 1.95 bits per heavy atom. The smallest absolute Gasteiger partial charge is 0.0949 e. The second kappa shape index (κ2) is 6.28. The van der Waals surface area contributed by atoms with Crippen molar-refractivity contribution in [2.45, 2.75) is 51.6 Å². The van der Waals surface area contributed by atoms with Gasteiger partial charge < -0.3 is 10.1 Å². The van der Waals surface area contributed by atoms with Crippen molar-refractivity contribution in [1.82, 2.24) is 5.32 Å². The Morgan fingerprint density at radius 1 is 1.20 bits per heavy atom. The summed E-state index contributed by atoms with van der Waals surface area (Å²) in [4.78, 5) is 0. The summed E-state index contributed by atoms with van der Waals surface area (Å²) in [6.45, 7) is 5.25. The van der Waals surface area contributed by atoms with Crippen molar-refractivity contribution in [1.29, 1.82) is 0 Å². The molecule has 20 heavy (non-hydrogen) atoms. The topological polar surface area (TPSA) is 21.3 Å². The van der Waals surface area contributed by atoms with Crippen LogP contribution < -0.4 is 5.32 Å². The average molecular weight is 273 g/mol. The van der Waals surface area contributed by atoms with E-state index in [1.54, 1.807) is 0 Å². The monoisotopic (exact) mass is 273 g/mol. The molecule has 1 unspecified atom stereocenters. The number of benzene rings is 1. The average Bonchev–Trinajstić information content (AvgIpc) is 2.82. The molecule has 0 aromatic heterocycles. The third kappa shape index (κ3) is 3.07. The summed E-state index contributed by atoms with van der Waals surface area (Å²) < 4.78 is 6.26. The lowest BCUT2D eigenvalue weighted by Gasteiger charge is -2.26. The Hall–Kier alpha value is -0.860. The number of hydrogen-bond acceptors (Lipinski definition) is 2. The Balaban J connectivity index is 1.65. The fraction of sp³-hybridized carbons (Fsp3) is 0.667. The van der Waals surface area contributed by atoms with Gasteiger partial charge in [-0.15, -0.1) is 0 Å². The highest BCUT2D eigenvalue weighted by atomic mass is 16.5. The molecule has 2 aliphatic rings. The molecule has 1 aliphatic carbocycles. The van der Waals surface area contributed by atoms with Crippen LogP contribution in [0.2, 0.25) is 0 Å². The zero-order valence-electron chi connectivity index (χ0n) is 12.7. The fourth-order valence-corrected chi connectivity index (χ4v) is 3.70. The number of hydrogen-bond donors (Lipinski definition) is 1. The van der Waals surface area contributed by atoms with Crippen LogP contribution >= 0.6 is 0 Å². The van der Waals surface area contributed by atoms with E-state index in [9.17, 15) is 0 Å². The van der Waals surface area contributed by atoms with Gasteiger partial charge in [-0.25, -0.2) is 0 Å². The van der Waals surface area contributed by atoms with Crippen LogP contribution in [-0.4, -0.2) is 19.7 Å². The van der Waals surface area contributed by atoms with Crippen LogP contribution in [0.25, 0.3) is 0 Å². The first-order chi connectivity index (χ1) is 9.81. The summed E-state index contributed by atoms with van der Waals surface area (Å²) >= 11 is 0. The number of ether oxygens (including phenoxy) is 1. The van der Waals surface area contributed by atoms with E-state index in [2.05, 4.69) is 36.5 Å². The van der Waals surface area contributed by atoms with E-state index in [0.717, 1.165) is 19.7 Å². The molecule has 110 valence electrons. The summed E-state index contributed by atoms with van der Waals surface area (Å²) in [5.74, 6) is 0. The Morgan fingerprint density at radius 3 is 2.65 bits per heavy atom. The normalized spacial score (nSPS) is 25.8. The van der Waals surface area contributed by atoms with Crippen LogP contribution in [0.3, 0.4) is 0 Å². The second-order valence-electron chi connectivity index (χ2n) is 6.63. The van der Waals surface area contributed by atoms with Gasteiger partial charge in [0.1, 0.15) is 0 Å². The highest BCUT2D eigenvalue weighted by Crippen LogP contribution is 2.40. The van der Waals surface area contributed by atoms with Crippen molar-refractivity contribution >= 4 is 0 Å².